The van der Waals surface area contributed by atoms with Gasteiger partial charge in [-0.3, -0.25) is 9.67 Å². The molecule has 0 aliphatic carbocycles. The lowest BCUT2D eigenvalue weighted by molar-refractivity contribution is 0.516. The summed E-state index contributed by atoms with van der Waals surface area (Å²) < 4.78 is 13.3. The lowest BCUT2D eigenvalue weighted by atomic mass is 9.81. The highest BCUT2D eigenvalue weighted by Gasteiger charge is 2.29. The maximum atomic E-state index is 4.88. The van der Waals surface area contributed by atoms with Gasteiger partial charge in [-0.15, -0.1) is 5.10 Å². The molecule has 6 aromatic heterocycles. The van der Waals surface area contributed by atoms with Crippen molar-refractivity contribution in [2.45, 2.75) is 202 Å². The Morgan fingerprint density at radius 2 is 1.16 bits per heavy atom. The number of aromatic nitrogens is 8. The fourth-order valence-corrected chi connectivity index (χ4v) is 6.39. The highest BCUT2D eigenvalue weighted by Crippen LogP contribution is 2.29. The fourth-order valence-electron chi connectivity index (χ4n) is 6.39. The Labute approximate surface area is 442 Å². The summed E-state index contributed by atoms with van der Waals surface area (Å²) in [7, 11) is 0. The Bertz CT molecular complexity index is 2310. The molecule has 0 bridgehead atoms. The molecule has 2 aliphatic heterocycles. The van der Waals surface area contributed by atoms with E-state index in [0.717, 1.165) is 23.7 Å². The smallest absolute Gasteiger partial charge is 0.105 e. The second-order valence-corrected chi connectivity index (χ2v) is 22.3. The van der Waals surface area contributed by atoms with Crippen LogP contribution in [0.4, 0.5) is 0 Å². The third kappa shape index (κ3) is 26.5. The topological polar surface area (TPSA) is 146 Å². The van der Waals surface area contributed by atoms with E-state index in [1.807, 2.05) is 73.9 Å². The van der Waals surface area contributed by atoms with Gasteiger partial charge in [0, 0.05) is 96.7 Å². The van der Waals surface area contributed by atoms with Crippen molar-refractivity contribution in [3.63, 3.8) is 0 Å². The predicted octanol–water partition coefficient (Wildman–Crippen LogP) is 16.7. The van der Waals surface area contributed by atoms with Crippen LogP contribution in [0.15, 0.2) is 135 Å². The first-order chi connectivity index (χ1) is 34.1. The fraction of sp³-hybridized carbons (Fsp3) is 0.576. The Morgan fingerprint density at radius 3 is 1.40 bits per heavy atom. The first-order valence-corrected chi connectivity index (χ1v) is 26.2. The average molecular weight is 1000 g/mol. The Morgan fingerprint density at radius 1 is 0.575 bits per heavy atom. The minimum absolute atomic E-state index is 0.163. The summed E-state index contributed by atoms with van der Waals surface area (Å²) >= 11 is 0. The average Bonchev–Trinajstić information content (AvgIpc) is 4.17. The molecule has 14 heteroatoms. The molecule has 0 amide bonds. The lowest BCUT2D eigenvalue weighted by Crippen LogP contribution is -2.25. The third-order valence-electron chi connectivity index (χ3n) is 11.4. The van der Waals surface area contributed by atoms with Gasteiger partial charge < -0.3 is 18.1 Å². The van der Waals surface area contributed by atoms with E-state index in [2.05, 4.69) is 229 Å². The van der Waals surface area contributed by atoms with Crippen LogP contribution in [0.25, 0.3) is 0 Å². The van der Waals surface area contributed by atoms with E-state index in [1.165, 1.54) is 28.2 Å². The van der Waals surface area contributed by atoms with E-state index in [-0.39, 0.29) is 10.8 Å². The van der Waals surface area contributed by atoms with E-state index < -0.39 is 0 Å². The van der Waals surface area contributed by atoms with Crippen molar-refractivity contribution >= 4 is 17.1 Å². The van der Waals surface area contributed by atoms with E-state index in [1.54, 1.807) is 24.9 Å². The molecule has 0 fully saturated rings. The van der Waals surface area contributed by atoms with Crippen LogP contribution in [0, 0.1) is 37.5 Å². The van der Waals surface area contributed by atoms with Crippen molar-refractivity contribution < 1.29 is 4.42 Å². The van der Waals surface area contributed by atoms with Crippen LogP contribution < -0.4 is 0 Å². The standard InChI is InChI=1S/C11H20N2.C8H14N2.C8H11N.C7H12N2.C7H11N.C7H10O.C6H10N2.C5H9N3/c1-10(2,3)8-7-9(13-12-8)11(4,5)6;1-6(2)10-8(4)5-7(3)9-10;1-7(2)8-4-3-5-9-6-8;1-6(2)9-5-4-8-7(9)3;1-7(2)8-5-3-4-6-8;1-6(2)7-3-4-8-5-7;1-6(2)8-4-3-7-5-8;1-4(2)5-3-6-8-7-5/h7H2,1-6H3;5-6H,1-4H3;3-7H,1-2H3;4-6H,1-3H3;3-7H,1-2H3;2*3-6H,1-2H3;4H,3H2,1-2H3. The molecule has 0 saturated carbocycles. The van der Waals surface area contributed by atoms with Gasteiger partial charge in [0.25, 0.3) is 0 Å². The molecule has 404 valence electrons. The monoisotopic (exact) mass is 1000 g/mol. The zero-order valence-corrected chi connectivity index (χ0v) is 49.5. The van der Waals surface area contributed by atoms with Crippen molar-refractivity contribution in [3.8, 4) is 0 Å². The summed E-state index contributed by atoms with van der Waals surface area (Å²) in [5, 5.41) is 23.9. The predicted molar refractivity (Wildman–Crippen MR) is 308 cm³/mol. The molecule has 2 aliphatic rings. The van der Waals surface area contributed by atoms with E-state index in [4.69, 9.17) is 4.42 Å². The molecule has 14 nitrogen and oxygen atoms in total. The number of hydrogen-bond acceptors (Lipinski definition) is 10. The number of hydrogen-bond donors (Lipinski definition) is 0. The summed E-state index contributed by atoms with van der Waals surface area (Å²) in [6.45, 7) is 49.9. The zero-order chi connectivity index (χ0) is 55.5. The second kappa shape index (κ2) is 32.9. The van der Waals surface area contributed by atoms with Crippen molar-refractivity contribution in [2.75, 3.05) is 6.54 Å². The van der Waals surface area contributed by atoms with Crippen molar-refractivity contribution in [1.29, 1.82) is 0 Å². The molecule has 0 N–H and O–H groups in total. The zero-order valence-electron chi connectivity index (χ0n) is 49.5. The first-order valence-electron chi connectivity index (χ1n) is 26.2. The molecule has 8 heterocycles. The molecule has 73 heavy (non-hydrogen) atoms. The SMILES string of the molecule is CC(C)(C)C1=NN=C(C(C)(C)C)C1.CC(C)C1=NN=NC1.CC(C)c1cccnc1.CC(C)c1ccoc1.CC(C)n1cccc1.CC(C)n1ccnc1.Cc1cc(C)n(C(C)C)n1.Cc1nccn1C(C)C. The summed E-state index contributed by atoms with van der Waals surface area (Å²) in [5.41, 5.74) is 8.74. The quantitative estimate of drug-likeness (QED) is 0.156. The first kappa shape index (κ1) is 65.0. The van der Waals surface area contributed by atoms with E-state index >= 15 is 0 Å². The van der Waals surface area contributed by atoms with E-state index in [9.17, 15) is 0 Å². The molecule has 0 saturated heterocycles. The minimum Gasteiger partial charge on any atom is -0.472 e. The summed E-state index contributed by atoms with van der Waals surface area (Å²) in [6.07, 6.45) is 21.7. The van der Waals surface area contributed by atoms with Crippen LogP contribution in [0.5, 0.6) is 0 Å². The molecule has 0 radical (unpaired) electrons. The molecule has 8 rings (SSSR count). The number of furan rings is 1. The number of aryl methyl sites for hydroxylation is 3. The van der Waals surface area contributed by atoms with Crippen LogP contribution >= 0.6 is 0 Å². The summed E-state index contributed by atoms with van der Waals surface area (Å²) in [4.78, 5) is 12.0. The summed E-state index contributed by atoms with van der Waals surface area (Å²) in [5.74, 6) is 2.78. The van der Waals surface area contributed by atoms with Crippen LogP contribution in [-0.4, -0.2) is 62.1 Å². The number of rotatable bonds is 7. The summed E-state index contributed by atoms with van der Waals surface area (Å²) in [6, 6.07) is 14.4. The maximum absolute atomic E-state index is 4.88. The van der Waals surface area contributed by atoms with Gasteiger partial charge >= 0.3 is 0 Å². The Hall–Kier alpha value is -6.05. The van der Waals surface area contributed by atoms with Gasteiger partial charge in [-0.25, -0.2) is 9.97 Å². The van der Waals surface area contributed by atoms with Gasteiger partial charge in [0.2, 0.25) is 0 Å². The molecule has 0 spiro atoms. The van der Waals surface area contributed by atoms with Gasteiger partial charge in [0.05, 0.1) is 41.7 Å². The molecule has 0 atom stereocenters. The molecule has 0 aromatic carbocycles. The van der Waals surface area contributed by atoms with Gasteiger partial charge in [-0.1, -0.05) is 89.2 Å². The van der Waals surface area contributed by atoms with Crippen LogP contribution in [0.1, 0.15) is 209 Å². The highest BCUT2D eigenvalue weighted by atomic mass is 16.3. The van der Waals surface area contributed by atoms with Crippen molar-refractivity contribution in [3.05, 3.63) is 133 Å². The van der Waals surface area contributed by atoms with E-state index in [0.29, 0.717) is 48.5 Å². The Balaban J connectivity index is 0.000000419. The normalized spacial score (nSPS) is 12.7. The Kier molecular flexibility index (Phi) is 29.3. The minimum atomic E-state index is 0.163. The van der Waals surface area contributed by atoms with Gasteiger partial charge in [0.1, 0.15) is 12.4 Å². The molecular formula is C59H97N13O. The lowest BCUT2D eigenvalue weighted by Gasteiger charge is -2.21. The van der Waals surface area contributed by atoms with Gasteiger partial charge in [-0.2, -0.15) is 20.4 Å². The largest absolute Gasteiger partial charge is 0.472 e. The molecule has 6 aromatic rings. The second-order valence-electron chi connectivity index (χ2n) is 22.3. The van der Waals surface area contributed by atoms with Crippen LogP contribution in [-0.2, 0) is 0 Å². The maximum Gasteiger partial charge on any atom is 0.105 e. The number of pyridine rings is 1. The van der Waals surface area contributed by atoms with Gasteiger partial charge in [0.15, 0.2) is 0 Å². The van der Waals surface area contributed by atoms with Crippen LogP contribution in [0.3, 0.4) is 0 Å². The number of nitrogens with zero attached hydrogens (tertiary/aromatic N) is 13. The molecular weight excluding hydrogens is 907 g/mol. The number of imidazole rings is 2. The third-order valence-corrected chi connectivity index (χ3v) is 11.4. The van der Waals surface area contributed by atoms with Crippen molar-refractivity contribution in [1.82, 2.24) is 38.4 Å². The highest BCUT2D eigenvalue weighted by molar-refractivity contribution is 6.11. The molecule has 0 unspecified atom stereocenters. The van der Waals surface area contributed by atoms with Crippen LogP contribution in [0.2, 0.25) is 0 Å². The van der Waals surface area contributed by atoms with Crippen molar-refractivity contribution in [2.24, 2.45) is 42.4 Å². The van der Waals surface area contributed by atoms with Gasteiger partial charge in [-0.05, 0) is 141 Å².